The summed E-state index contributed by atoms with van der Waals surface area (Å²) in [5.74, 6) is -0.779. The van der Waals surface area contributed by atoms with E-state index in [1.54, 1.807) is 53.4 Å². The van der Waals surface area contributed by atoms with Crippen molar-refractivity contribution in [3.8, 4) is 0 Å². The molecule has 2 amide bonds. The maximum atomic E-state index is 13.5. The number of nitrogens with zero attached hydrogens (tertiary/aromatic N) is 3. The van der Waals surface area contributed by atoms with Crippen LogP contribution < -0.4 is 14.2 Å². The molecule has 6 rings (SSSR count). The summed E-state index contributed by atoms with van der Waals surface area (Å²) in [7, 11) is -3.91. The smallest absolute Gasteiger partial charge is 0.336 e. The number of carbonyl (C=O) groups is 2. The van der Waals surface area contributed by atoms with Gasteiger partial charge in [-0.1, -0.05) is 30.3 Å². The third-order valence-electron chi connectivity index (χ3n) is 7.34. The summed E-state index contributed by atoms with van der Waals surface area (Å²) in [6.07, 6.45) is 0. The Morgan fingerprint density at radius 1 is 0.841 bits per heavy atom. The number of benzene rings is 4. The van der Waals surface area contributed by atoms with Gasteiger partial charge in [0.15, 0.2) is 11.0 Å². The topological polar surface area (TPSA) is 106 Å². The fourth-order valence-corrected chi connectivity index (χ4v) is 7.68. The standard InChI is InChI=1S/C32H28FN5O4S2/c33-24-12-10-23(11-13-24)31(40)37-20-18-36(19-21-37)26-16-14-25(15-17-26)34-30(39)22-43-32-35-28-8-4-5-9-29(28)38(32)44(41,42)27-6-2-1-3-7-27/h1-17H,18-22H2,(H,34,39)/p+1. The number of aromatic amines is 1. The number of imidazole rings is 1. The molecule has 0 unspecified atom stereocenters. The van der Waals surface area contributed by atoms with E-state index < -0.39 is 10.0 Å². The fourth-order valence-electron chi connectivity index (χ4n) is 5.09. The number of halogens is 1. The summed E-state index contributed by atoms with van der Waals surface area (Å²) in [6, 6.07) is 28.3. The first-order valence-corrected chi connectivity index (χ1v) is 16.4. The zero-order valence-corrected chi connectivity index (χ0v) is 25.2. The molecule has 4 aromatic carbocycles. The van der Waals surface area contributed by atoms with Gasteiger partial charge >= 0.3 is 15.2 Å². The van der Waals surface area contributed by atoms with E-state index in [1.807, 2.05) is 30.3 Å². The van der Waals surface area contributed by atoms with Crippen LogP contribution in [0, 0.1) is 5.82 Å². The van der Waals surface area contributed by atoms with Crippen LogP contribution in [0.25, 0.3) is 11.0 Å². The van der Waals surface area contributed by atoms with Crippen molar-refractivity contribution in [1.29, 1.82) is 0 Å². The molecule has 9 nitrogen and oxygen atoms in total. The lowest BCUT2D eigenvalue weighted by Crippen LogP contribution is -2.48. The van der Waals surface area contributed by atoms with Gasteiger partial charge in [-0.25, -0.2) is 9.37 Å². The number of nitrogens with one attached hydrogen (secondary N) is 2. The minimum atomic E-state index is -3.91. The molecule has 1 aromatic heterocycles. The minimum Gasteiger partial charge on any atom is -0.368 e. The average molecular weight is 631 g/mol. The van der Waals surface area contributed by atoms with E-state index in [-0.39, 0.29) is 28.3 Å². The maximum absolute atomic E-state index is 13.5. The molecule has 0 spiro atoms. The van der Waals surface area contributed by atoms with Crippen molar-refractivity contribution in [2.75, 3.05) is 42.1 Å². The van der Waals surface area contributed by atoms with Gasteiger partial charge in [-0.2, -0.15) is 8.42 Å². The second-order valence-corrected chi connectivity index (χ2v) is 13.0. The highest BCUT2D eigenvalue weighted by atomic mass is 32.2. The van der Waals surface area contributed by atoms with Crippen molar-refractivity contribution in [1.82, 2.24) is 9.88 Å². The van der Waals surface area contributed by atoms with Crippen LogP contribution in [0.2, 0.25) is 0 Å². The Hall–Kier alpha value is -4.68. The Labute approximate surface area is 258 Å². The van der Waals surface area contributed by atoms with Gasteiger partial charge in [0, 0.05) is 43.1 Å². The Morgan fingerprint density at radius 2 is 1.50 bits per heavy atom. The van der Waals surface area contributed by atoms with Crippen LogP contribution in [0.15, 0.2) is 113 Å². The number of piperazine rings is 1. The molecule has 1 aliphatic rings. The lowest BCUT2D eigenvalue weighted by molar-refractivity contribution is -0.526. The summed E-state index contributed by atoms with van der Waals surface area (Å²) in [6.45, 7) is 2.37. The normalized spacial score (nSPS) is 13.7. The van der Waals surface area contributed by atoms with Gasteiger partial charge in [0.25, 0.3) is 5.91 Å². The summed E-state index contributed by atoms with van der Waals surface area (Å²) in [5, 5.41) is 3.21. The van der Waals surface area contributed by atoms with E-state index in [4.69, 9.17) is 0 Å². The zero-order valence-electron chi connectivity index (χ0n) is 23.5. The number of para-hydroxylation sites is 2. The summed E-state index contributed by atoms with van der Waals surface area (Å²) < 4.78 is 41.5. The number of hydrogen-bond acceptors (Lipinski definition) is 6. The predicted molar refractivity (Wildman–Crippen MR) is 168 cm³/mol. The quantitative estimate of drug-likeness (QED) is 0.193. The number of rotatable bonds is 8. The third kappa shape index (κ3) is 6.17. The number of H-pyrrole nitrogens is 1. The first-order chi connectivity index (χ1) is 21.3. The van der Waals surface area contributed by atoms with Gasteiger partial charge in [0.1, 0.15) is 10.7 Å². The summed E-state index contributed by atoms with van der Waals surface area (Å²) in [4.78, 5) is 32.8. The van der Waals surface area contributed by atoms with E-state index in [9.17, 15) is 22.4 Å². The number of amides is 2. The van der Waals surface area contributed by atoms with Crippen molar-refractivity contribution in [2.24, 2.45) is 0 Å². The maximum Gasteiger partial charge on any atom is 0.336 e. The Kier molecular flexibility index (Phi) is 8.36. The highest BCUT2D eigenvalue weighted by Gasteiger charge is 2.32. The Bertz CT molecular complexity index is 1910. The molecule has 44 heavy (non-hydrogen) atoms. The number of fused-ring (bicyclic) bond motifs is 1. The number of thioether (sulfide) groups is 1. The lowest BCUT2D eigenvalue weighted by atomic mass is 10.1. The van der Waals surface area contributed by atoms with Crippen molar-refractivity contribution >= 4 is 56.0 Å². The zero-order chi connectivity index (χ0) is 30.7. The molecule has 12 heteroatoms. The van der Waals surface area contributed by atoms with Gasteiger partial charge in [-0.3, -0.25) is 9.59 Å². The second-order valence-electron chi connectivity index (χ2n) is 10.2. The SMILES string of the molecule is O=C(CSc1[nH]c2ccccc2[n+]1S(=O)(=O)c1ccccc1)Nc1ccc(N2CCN(C(=O)c3ccc(F)cc3)CC2)cc1. The second kappa shape index (κ2) is 12.5. The van der Waals surface area contributed by atoms with Gasteiger partial charge in [0.05, 0.1) is 5.75 Å². The number of hydrogen-bond donors (Lipinski definition) is 2. The van der Waals surface area contributed by atoms with Crippen LogP contribution >= 0.6 is 11.8 Å². The summed E-state index contributed by atoms with van der Waals surface area (Å²) >= 11 is 1.11. The predicted octanol–water partition coefficient (Wildman–Crippen LogP) is 4.52. The van der Waals surface area contributed by atoms with Crippen LogP contribution in [-0.4, -0.2) is 62.0 Å². The van der Waals surface area contributed by atoms with Crippen molar-refractivity contribution in [3.05, 3.63) is 115 Å². The summed E-state index contributed by atoms with van der Waals surface area (Å²) in [5.41, 5.74) is 3.19. The van der Waals surface area contributed by atoms with Crippen LogP contribution in [0.5, 0.6) is 0 Å². The molecule has 0 saturated carbocycles. The lowest BCUT2D eigenvalue weighted by Gasteiger charge is -2.36. The molecular weight excluding hydrogens is 602 g/mol. The van der Waals surface area contributed by atoms with Crippen LogP contribution in [-0.2, 0) is 14.8 Å². The molecule has 2 heterocycles. The third-order valence-corrected chi connectivity index (χ3v) is 10.2. The molecular formula is C32H29FN5O4S2+. The molecule has 0 aliphatic carbocycles. The molecule has 0 atom stereocenters. The number of aromatic nitrogens is 2. The molecule has 1 fully saturated rings. The van der Waals surface area contributed by atoms with Crippen molar-refractivity contribution in [2.45, 2.75) is 10.1 Å². The van der Waals surface area contributed by atoms with Crippen LogP contribution in [0.4, 0.5) is 15.8 Å². The molecule has 5 aromatic rings. The Balaban J connectivity index is 1.07. The Morgan fingerprint density at radius 3 is 2.20 bits per heavy atom. The number of carbonyl (C=O) groups excluding carboxylic acids is 2. The largest absolute Gasteiger partial charge is 0.368 e. The molecule has 0 bridgehead atoms. The molecule has 224 valence electrons. The molecule has 1 aliphatic heterocycles. The molecule has 0 radical (unpaired) electrons. The van der Waals surface area contributed by atoms with Crippen LogP contribution in [0.1, 0.15) is 10.4 Å². The van der Waals surface area contributed by atoms with Gasteiger partial charge in [0.2, 0.25) is 5.91 Å². The number of anilines is 2. The average Bonchev–Trinajstić information content (AvgIpc) is 3.44. The first kappa shape index (κ1) is 29.4. The van der Waals surface area contributed by atoms with E-state index >= 15 is 0 Å². The highest BCUT2D eigenvalue weighted by molar-refractivity contribution is 8.00. The highest BCUT2D eigenvalue weighted by Crippen LogP contribution is 2.23. The van der Waals surface area contributed by atoms with Crippen molar-refractivity contribution < 1.29 is 26.4 Å². The van der Waals surface area contributed by atoms with Gasteiger partial charge in [-0.05, 0) is 84.6 Å². The van der Waals surface area contributed by atoms with Crippen LogP contribution in [0.3, 0.4) is 0 Å². The van der Waals surface area contributed by atoms with Gasteiger partial charge in [-0.15, -0.1) is 3.97 Å². The van der Waals surface area contributed by atoms with Gasteiger partial charge < -0.3 is 15.1 Å². The van der Waals surface area contributed by atoms with E-state index in [2.05, 4.69) is 15.2 Å². The van der Waals surface area contributed by atoms with E-state index in [1.165, 1.54) is 28.2 Å². The minimum absolute atomic E-state index is 0.0110. The fraction of sp³-hybridized carbons (Fsp3) is 0.156. The monoisotopic (exact) mass is 630 g/mol. The first-order valence-electron chi connectivity index (χ1n) is 14.0. The van der Waals surface area contributed by atoms with E-state index in [0.717, 1.165) is 17.4 Å². The van der Waals surface area contributed by atoms with Crippen molar-refractivity contribution in [3.63, 3.8) is 0 Å². The van der Waals surface area contributed by atoms with E-state index in [0.29, 0.717) is 53.6 Å². The molecule has 2 N–H and O–H groups in total. The molecule has 1 saturated heterocycles.